The second-order valence-corrected chi connectivity index (χ2v) is 4.12. The van der Waals surface area contributed by atoms with Gasteiger partial charge >= 0.3 is 0 Å². The van der Waals surface area contributed by atoms with Gasteiger partial charge in [0.25, 0.3) is 5.91 Å². The molecular weight excluding hydrogens is 302 g/mol. The highest BCUT2D eigenvalue weighted by Crippen LogP contribution is 2.11. The van der Waals surface area contributed by atoms with Crippen molar-refractivity contribution in [3.63, 3.8) is 0 Å². The van der Waals surface area contributed by atoms with E-state index in [1.165, 1.54) is 0 Å². The van der Waals surface area contributed by atoms with Gasteiger partial charge in [-0.1, -0.05) is 0 Å². The summed E-state index contributed by atoms with van der Waals surface area (Å²) < 4.78 is 5.23. The lowest BCUT2D eigenvalue weighted by molar-refractivity contribution is -0.120. The fourth-order valence-electron chi connectivity index (χ4n) is 1.17. The van der Waals surface area contributed by atoms with Crippen LogP contribution >= 0.6 is 15.9 Å². The van der Waals surface area contributed by atoms with Crippen LogP contribution in [0, 0.1) is 0 Å². The Morgan fingerprint density at radius 2 is 2.22 bits per heavy atom. The lowest BCUT2D eigenvalue weighted by atomic mass is 10.3. The average Bonchev–Trinajstić information content (AvgIpc) is 2.37. The number of nitrogens with zero attached hydrogens (tertiary/aromatic N) is 1. The van der Waals surface area contributed by atoms with Crippen molar-refractivity contribution in [3.8, 4) is 0 Å². The van der Waals surface area contributed by atoms with Crippen LogP contribution in [0.2, 0.25) is 0 Å². The number of rotatable bonds is 6. The molecule has 2 amide bonds. The fraction of sp³-hybridized carbons (Fsp3) is 0.364. The van der Waals surface area contributed by atoms with E-state index in [0.717, 1.165) is 0 Å². The van der Waals surface area contributed by atoms with Crippen LogP contribution in [0.25, 0.3) is 0 Å². The highest BCUT2D eigenvalue weighted by atomic mass is 79.9. The molecule has 1 rings (SSSR count). The number of carbonyl (C=O) groups excluding carboxylic acids is 2. The molecule has 7 heteroatoms. The number of amides is 2. The van der Waals surface area contributed by atoms with Gasteiger partial charge in [0, 0.05) is 19.9 Å². The predicted molar refractivity (Wildman–Crippen MR) is 69.2 cm³/mol. The van der Waals surface area contributed by atoms with Gasteiger partial charge in [-0.2, -0.15) is 0 Å². The molecule has 18 heavy (non-hydrogen) atoms. The van der Waals surface area contributed by atoms with Gasteiger partial charge in [0.2, 0.25) is 5.91 Å². The van der Waals surface area contributed by atoms with E-state index in [9.17, 15) is 9.59 Å². The number of nitrogens with one attached hydrogen (secondary N) is 2. The molecule has 0 aliphatic heterocycles. The zero-order valence-electron chi connectivity index (χ0n) is 9.90. The molecule has 0 spiro atoms. The largest absolute Gasteiger partial charge is 0.383 e. The van der Waals surface area contributed by atoms with Crippen molar-refractivity contribution >= 4 is 27.7 Å². The van der Waals surface area contributed by atoms with Crippen LogP contribution in [0.1, 0.15) is 10.4 Å². The van der Waals surface area contributed by atoms with Crippen molar-refractivity contribution in [2.45, 2.75) is 0 Å². The number of ether oxygens (including phenoxy) is 1. The summed E-state index contributed by atoms with van der Waals surface area (Å²) in [5.41, 5.74) is 0.391. The molecule has 1 heterocycles. The van der Waals surface area contributed by atoms with E-state index in [2.05, 4.69) is 31.5 Å². The van der Waals surface area contributed by atoms with Gasteiger partial charge in [0.15, 0.2) is 0 Å². The molecular formula is C11H14BrN3O3. The van der Waals surface area contributed by atoms with Gasteiger partial charge in [0.05, 0.1) is 18.7 Å². The molecule has 0 radical (unpaired) electrons. The third kappa shape index (κ3) is 4.80. The van der Waals surface area contributed by atoms with Crippen molar-refractivity contribution in [2.75, 3.05) is 26.8 Å². The molecule has 0 unspecified atom stereocenters. The monoisotopic (exact) mass is 315 g/mol. The number of halogens is 1. The summed E-state index contributed by atoms with van der Waals surface area (Å²) in [6, 6.07) is 3.27. The Morgan fingerprint density at radius 3 is 2.89 bits per heavy atom. The number of carbonyl (C=O) groups is 2. The number of hydrogen-bond acceptors (Lipinski definition) is 4. The minimum Gasteiger partial charge on any atom is -0.383 e. The number of hydrogen-bond donors (Lipinski definition) is 2. The normalized spacial score (nSPS) is 9.89. The van der Waals surface area contributed by atoms with Gasteiger partial charge in [-0.15, -0.1) is 0 Å². The summed E-state index contributed by atoms with van der Waals surface area (Å²) in [7, 11) is 1.55. The minimum atomic E-state index is -0.350. The van der Waals surface area contributed by atoms with Crippen molar-refractivity contribution in [3.05, 3.63) is 28.5 Å². The molecule has 0 atom stereocenters. The molecule has 0 aliphatic carbocycles. The fourth-order valence-corrected chi connectivity index (χ4v) is 1.60. The maximum atomic E-state index is 11.7. The topological polar surface area (TPSA) is 80.3 Å². The van der Waals surface area contributed by atoms with Gasteiger partial charge in [-0.25, -0.2) is 4.98 Å². The molecule has 0 saturated heterocycles. The summed E-state index contributed by atoms with van der Waals surface area (Å²) in [5, 5.41) is 5.10. The van der Waals surface area contributed by atoms with Crippen LogP contribution in [0.5, 0.6) is 0 Å². The third-order valence-electron chi connectivity index (χ3n) is 2.04. The lowest BCUT2D eigenvalue weighted by Crippen LogP contribution is -2.38. The van der Waals surface area contributed by atoms with Crippen LogP contribution in [0.3, 0.4) is 0 Å². The van der Waals surface area contributed by atoms with Gasteiger partial charge < -0.3 is 15.4 Å². The zero-order valence-corrected chi connectivity index (χ0v) is 11.5. The molecule has 98 valence electrons. The Labute approximate surface area is 113 Å². The average molecular weight is 316 g/mol. The highest BCUT2D eigenvalue weighted by Gasteiger charge is 2.11. The first-order chi connectivity index (χ1) is 8.65. The van der Waals surface area contributed by atoms with Gasteiger partial charge in [-0.05, 0) is 28.1 Å². The van der Waals surface area contributed by atoms with Crippen LogP contribution < -0.4 is 10.6 Å². The smallest absolute Gasteiger partial charge is 0.254 e. The minimum absolute atomic E-state index is 0.0795. The Balaban J connectivity index is 2.38. The third-order valence-corrected chi connectivity index (χ3v) is 2.67. The molecule has 0 saturated carbocycles. The summed E-state index contributed by atoms with van der Waals surface area (Å²) in [6.45, 7) is 0.777. The Kier molecular flexibility index (Phi) is 6.31. The first-order valence-electron chi connectivity index (χ1n) is 5.29. The van der Waals surface area contributed by atoms with Crippen molar-refractivity contribution in [2.24, 2.45) is 0 Å². The molecule has 2 N–H and O–H groups in total. The number of aromatic nitrogens is 1. The van der Waals surface area contributed by atoms with Gasteiger partial charge in [0.1, 0.15) is 4.60 Å². The first kappa shape index (κ1) is 14.6. The van der Waals surface area contributed by atoms with Crippen LogP contribution in [0.4, 0.5) is 0 Å². The van der Waals surface area contributed by atoms with Crippen LogP contribution in [-0.2, 0) is 9.53 Å². The number of methoxy groups -OCH3 is 1. The van der Waals surface area contributed by atoms with Crippen LogP contribution in [-0.4, -0.2) is 43.6 Å². The van der Waals surface area contributed by atoms with E-state index < -0.39 is 0 Å². The maximum absolute atomic E-state index is 11.7. The van der Waals surface area contributed by atoms with E-state index in [4.69, 9.17) is 4.74 Å². The second kappa shape index (κ2) is 7.78. The lowest BCUT2D eigenvalue weighted by Gasteiger charge is -2.07. The molecule has 6 nitrogen and oxygen atoms in total. The Morgan fingerprint density at radius 1 is 1.44 bits per heavy atom. The van der Waals surface area contributed by atoms with Gasteiger partial charge in [-0.3, -0.25) is 9.59 Å². The first-order valence-corrected chi connectivity index (χ1v) is 6.08. The van der Waals surface area contributed by atoms with E-state index in [0.29, 0.717) is 23.3 Å². The van der Waals surface area contributed by atoms with E-state index in [1.807, 2.05) is 0 Å². The standard InChI is InChI=1S/C11H14BrN3O3/c1-18-6-5-13-9(16)7-15-11(17)8-3-2-4-14-10(8)12/h2-4H,5-7H2,1H3,(H,13,16)(H,15,17). The molecule has 0 fully saturated rings. The van der Waals surface area contributed by atoms with E-state index in [1.54, 1.807) is 25.4 Å². The second-order valence-electron chi connectivity index (χ2n) is 3.37. The van der Waals surface area contributed by atoms with E-state index in [-0.39, 0.29) is 18.4 Å². The molecule has 0 bridgehead atoms. The summed E-state index contributed by atoms with van der Waals surface area (Å²) in [6.07, 6.45) is 1.57. The summed E-state index contributed by atoms with van der Waals surface area (Å²) >= 11 is 3.17. The molecule has 1 aromatic heterocycles. The SMILES string of the molecule is COCCNC(=O)CNC(=O)c1cccnc1Br. The van der Waals surface area contributed by atoms with E-state index >= 15 is 0 Å². The molecule has 1 aromatic rings. The Bertz CT molecular complexity index is 426. The number of pyridine rings is 1. The Hall–Kier alpha value is -1.47. The van der Waals surface area contributed by atoms with Crippen molar-refractivity contribution in [1.82, 2.24) is 15.6 Å². The quantitative estimate of drug-likeness (QED) is 0.586. The van der Waals surface area contributed by atoms with Crippen LogP contribution in [0.15, 0.2) is 22.9 Å². The summed E-state index contributed by atoms with van der Waals surface area (Å²) in [5.74, 6) is -0.614. The predicted octanol–water partition coefficient (Wildman–Crippen LogP) is 0.337. The summed E-state index contributed by atoms with van der Waals surface area (Å²) in [4.78, 5) is 27.0. The van der Waals surface area contributed by atoms with Crippen molar-refractivity contribution < 1.29 is 14.3 Å². The maximum Gasteiger partial charge on any atom is 0.254 e. The molecule has 0 aliphatic rings. The zero-order chi connectivity index (χ0) is 13.4. The molecule has 0 aromatic carbocycles. The highest BCUT2D eigenvalue weighted by molar-refractivity contribution is 9.10. The van der Waals surface area contributed by atoms with Crippen molar-refractivity contribution in [1.29, 1.82) is 0 Å².